The first kappa shape index (κ1) is 13.3. The van der Waals surface area contributed by atoms with Crippen molar-refractivity contribution in [3.63, 3.8) is 0 Å². The minimum atomic E-state index is -0.816. The smallest absolute Gasteiger partial charge is 0.306 e. The molecule has 4 nitrogen and oxygen atoms in total. The normalized spacial score (nSPS) is 11.6. The first-order valence-corrected chi connectivity index (χ1v) is 5.58. The van der Waals surface area contributed by atoms with Gasteiger partial charge in [-0.2, -0.15) is 5.26 Å². The third-order valence-electron chi connectivity index (χ3n) is 2.42. The lowest BCUT2D eigenvalue weighted by Crippen LogP contribution is -2.14. The summed E-state index contributed by atoms with van der Waals surface area (Å²) < 4.78 is 0. The molecule has 0 bridgehead atoms. The van der Waals surface area contributed by atoms with Crippen LogP contribution in [0.1, 0.15) is 18.9 Å². The summed E-state index contributed by atoms with van der Waals surface area (Å²) in [7, 11) is 0. The zero-order chi connectivity index (χ0) is 12.8. The highest BCUT2D eigenvalue weighted by Crippen LogP contribution is 2.20. The molecule has 0 aliphatic carbocycles. The van der Waals surface area contributed by atoms with Gasteiger partial charge in [-0.15, -0.1) is 0 Å². The molecule has 1 atom stereocenters. The van der Waals surface area contributed by atoms with Crippen LogP contribution in [-0.2, 0) is 4.79 Å². The van der Waals surface area contributed by atoms with Crippen LogP contribution in [0.25, 0.3) is 0 Å². The molecular formula is C12H13ClN2O2. The Morgan fingerprint density at radius 3 is 2.94 bits per heavy atom. The number of halogens is 1. The zero-order valence-corrected chi connectivity index (χ0v) is 10.2. The van der Waals surface area contributed by atoms with Crippen molar-refractivity contribution in [2.24, 2.45) is 5.92 Å². The highest BCUT2D eigenvalue weighted by molar-refractivity contribution is 6.30. The van der Waals surface area contributed by atoms with Crippen molar-refractivity contribution in [3.8, 4) is 6.07 Å². The monoisotopic (exact) mass is 252 g/mol. The molecule has 0 aromatic heterocycles. The van der Waals surface area contributed by atoms with Gasteiger partial charge in [-0.25, -0.2) is 0 Å². The number of nitrogens with one attached hydrogen (secondary N) is 1. The van der Waals surface area contributed by atoms with E-state index in [9.17, 15) is 4.79 Å². The Morgan fingerprint density at radius 1 is 1.65 bits per heavy atom. The molecule has 0 amide bonds. The number of carboxylic acids is 1. The molecule has 0 aliphatic heterocycles. The van der Waals surface area contributed by atoms with E-state index in [0.29, 0.717) is 29.2 Å². The summed E-state index contributed by atoms with van der Waals surface area (Å²) in [5.41, 5.74) is 1.13. The standard InChI is InChI=1S/C12H13ClN2O2/c1-8(12(16)17)4-5-15-11-3-2-10(13)6-9(11)7-14/h2-3,6,8,15H,4-5H2,1H3,(H,16,17). The third-order valence-corrected chi connectivity index (χ3v) is 2.65. The van der Waals surface area contributed by atoms with Gasteiger partial charge in [0.05, 0.1) is 17.2 Å². The van der Waals surface area contributed by atoms with Crippen molar-refractivity contribution < 1.29 is 9.90 Å². The largest absolute Gasteiger partial charge is 0.481 e. The molecule has 1 unspecified atom stereocenters. The van der Waals surface area contributed by atoms with E-state index in [2.05, 4.69) is 5.32 Å². The van der Waals surface area contributed by atoms with E-state index in [1.807, 2.05) is 6.07 Å². The summed E-state index contributed by atoms with van der Waals surface area (Å²) in [4.78, 5) is 10.6. The van der Waals surface area contributed by atoms with Crippen LogP contribution in [0.3, 0.4) is 0 Å². The quantitative estimate of drug-likeness (QED) is 0.845. The summed E-state index contributed by atoms with van der Waals surface area (Å²) >= 11 is 5.77. The zero-order valence-electron chi connectivity index (χ0n) is 9.40. The molecule has 0 spiro atoms. The van der Waals surface area contributed by atoms with Crippen LogP contribution < -0.4 is 5.32 Å². The van der Waals surface area contributed by atoms with Gasteiger partial charge < -0.3 is 10.4 Å². The molecule has 1 aromatic rings. The fraction of sp³-hybridized carbons (Fsp3) is 0.333. The Kier molecular flexibility index (Phi) is 4.80. The number of carboxylic acid groups (broad SMARTS) is 1. The van der Waals surface area contributed by atoms with E-state index in [1.165, 1.54) is 0 Å². The minimum Gasteiger partial charge on any atom is -0.481 e. The first-order chi connectivity index (χ1) is 8.04. The highest BCUT2D eigenvalue weighted by Gasteiger charge is 2.10. The molecule has 5 heteroatoms. The summed E-state index contributed by atoms with van der Waals surface area (Å²) in [6, 6.07) is 7.01. The summed E-state index contributed by atoms with van der Waals surface area (Å²) in [5.74, 6) is -1.22. The summed E-state index contributed by atoms with van der Waals surface area (Å²) in [6.07, 6.45) is 0.503. The van der Waals surface area contributed by atoms with Gasteiger partial charge in [-0.3, -0.25) is 4.79 Å². The van der Waals surface area contributed by atoms with Gasteiger partial charge in [0, 0.05) is 11.6 Å². The van der Waals surface area contributed by atoms with Crippen molar-refractivity contribution in [2.75, 3.05) is 11.9 Å². The Labute approximate surface area is 105 Å². The van der Waals surface area contributed by atoms with Gasteiger partial charge in [0.2, 0.25) is 0 Å². The fourth-order valence-corrected chi connectivity index (χ4v) is 1.48. The molecule has 17 heavy (non-hydrogen) atoms. The second-order valence-corrected chi connectivity index (χ2v) is 4.19. The van der Waals surface area contributed by atoms with Crippen molar-refractivity contribution in [3.05, 3.63) is 28.8 Å². The number of hydrogen-bond donors (Lipinski definition) is 2. The summed E-state index contributed by atoms with van der Waals surface area (Å²) in [5, 5.41) is 21.2. The number of carbonyl (C=O) groups is 1. The van der Waals surface area contributed by atoms with E-state index in [1.54, 1.807) is 25.1 Å². The molecule has 0 saturated heterocycles. The second-order valence-electron chi connectivity index (χ2n) is 3.76. The molecule has 0 fully saturated rings. The molecular weight excluding hydrogens is 240 g/mol. The maximum atomic E-state index is 10.6. The van der Waals surface area contributed by atoms with E-state index in [4.69, 9.17) is 22.0 Å². The highest BCUT2D eigenvalue weighted by atomic mass is 35.5. The van der Waals surface area contributed by atoms with E-state index in [-0.39, 0.29) is 0 Å². The van der Waals surface area contributed by atoms with Gasteiger partial charge in [0.15, 0.2) is 0 Å². The molecule has 0 aliphatic rings. The lowest BCUT2D eigenvalue weighted by Gasteiger charge is -2.10. The SMILES string of the molecule is CC(CCNc1ccc(Cl)cc1C#N)C(=O)O. The van der Waals surface area contributed by atoms with Crippen LogP contribution in [0.4, 0.5) is 5.69 Å². The van der Waals surface area contributed by atoms with Crippen LogP contribution in [0.2, 0.25) is 5.02 Å². The van der Waals surface area contributed by atoms with E-state index < -0.39 is 11.9 Å². The Bertz CT molecular complexity index is 454. The van der Waals surface area contributed by atoms with Gasteiger partial charge >= 0.3 is 5.97 Å². The van der Waals surface area contributed by atoms with Gasteiger partial charge in [-0.05, 0) is 24.6 Å². The molecule has 1 aromatic carbocycles. The van der Waals surface area contributed by atoms with Crippen LogP contribution >= 0.6 is 11.6 Å². The molecule has 1 rings (SSSR count). The van der Waals surface area contributed by atoms with Crippen LogP contribution in [-0.4, -0.2) is 17.6 Å². The number of aliphatic carboxylic acids is 1. The number of benzene rings is 1. The van der Waals surface area contributed by atoms with Crippen LogP contribution in [0.15, 0.2) is 18.2 Å². The second kappa shape index (κ2) is 6.12. The molecule has 0 radical (unpaired) electrons. The van der Waals surface area contributed by atoms with E-state index >= 15 is 0 Å². The van der Waals surface area contributed by atoms with Gasteiger partial charge in [0.25, 0.3) is 0 Å². The molecule has 0 heterocycles. The molecule has 0 saturated carbocycles. The summed E-state index contributed by atoms with van der Waals surface area (Å²) in [6.45, 7) is 2.15. The van der Waals surface area contributed by atoms with Crippen molar-refractivity contribution in [1.29, 1.82) is 5.26 Å². The lowest BCUT2D eigenvalue weighted by atomic mass is 10.1. The maximum Gasteiger partial charge on any atom is 0.306 e. The lowest BCUT2D eigenvalue weighted by molar-refractivity contribution is -0.141. The Balaban J connectivity index is 2.58. The van der Waals surface area contributed by atoms with Crippen molar-refractivity contribution in [2.45, 2.75) is 13.3 Å². The van der Waals surface area contributed by atoms with Crippen molar-refractivity contribution in [1.82, 2.24) is 0 Å². The van der Waals surface area contributed by atoms with E-state index in [0.717, 1.165) is 0 Å². The first-order valence-electron chi connectivity index (χ1n) is 5.21. The van der Waals surface area contributed by atoms with Gasteiger partial charge in [-0.1, -0.05) is 18.5 Å². The Morgan fingerprint density at radius 2 is 2.35 bits per heavy atom. The number of nitriles is 1. The number of anilines is 1. The number of hydrogen-bond acceptors (Lipinski definition) is 3. The Hall–Kier alpha value is -1.73. The number of nitrogens with zero attached hydrogens (tertiary/aromatic N) is 1. The molecule has 2 N–H and O–H groups in total. The predicted molar refractivity (Wildman–Crippen MR) is 66.1 cm³/mol. The van der Waals surface area contributed by atoms with Crippen molar-refractivity contribution >= 4 is 23.3 Å². The maximum absolute atomic E-state index is 10.6. The molecule has 90 valence electrons. The average molecular weight is 253 g/mol. The van der Waals surface area contributed by atoms with Crippen LogP contribution in [0.5, 0.6) is 0 Å². The van der Waals surface area contributed by atoms with Crippen LogP contribution in [0, 0.1) is 17.2 Å². The minimum absolute atomic E-state index is 0.402. The third kappa shape index (κ3) is 3.97. The van der Waals surface area contributed by atoms with Gasteiger partial charge in [0.1, 0.15) is 6.07 Å². The number of rotatable bonds is 5. The average Bonchev–Trinajstić information content (AvgIpc) is 2.30. The fourth-order valence-electron chi connectivity index (χ4n) is 1.31. The predicted octanol–water partition coefficient (Wildman–Crippen LogP) is 2.73. The topological polar surface area (TPSA) is 73.1 Å².